The minimum Gasteiger partial charge on any atom is -0.195 e. The van der Waals surface area contributed by atoms with Crippen molar-refractivity contribution >= 4 is 5.69 Å². The SMILES string of the molecule is N#CC1(Cc2ccccc2)N=Nc2ccccc21. The van der Waals surface area contributed by atoms with Gasteiger partial charge in [-0.25, -0.2) is 0 Å². The Balaban J connectivity index is 2.04. The second-order valence-electron chi connectivity index (χ2n) is 4.35. The van der Waals surface area contributed by atoms with Crippen molar-refractivity contribution in [2.45, 2.75) is 12.0 Å². The molecule has 0 radical (unpaired) electrons. The number of hydrogen-bond donors (Lipinski definition) is 0. The fourth-order valence-corrected chi connectivity index (χ4v) is 2.25. The van der Waals surface area contributed by atoms with E-state index in [1.165, 1.54) is 0 Å². The number of fused-ring (bicyclic) bond motifs is 1. The van der Waals surface area contributed by atoms with Crippen molar-refractivity contribution in [3.63, 3.8) is 0 Å². The van der Waals surface area contributed by atoms with Crippen molar-refractivity contribution in [1.82, 2.24) is 0 Å². The first-order chi connectivity index (χ1) is 8.84. The highest BCUT2D eigenvalue weighted by Crippen LogP contribution is 2.42. The van der Waals surface area contributed by atoms with Gasteiger partial charge in [0.2, 0.25) is 0 Å². The molecule has 86 valence electrons. The minimum atomic E-state index is -0.863. The molecule has 0 saturated carbocycles. The third kappa shape index (κ3) is 1.59. The van der Waals surface area contributed by atoms with Gasteiger partial charge in [0.05, 0.1) is 5.69 Å². The summed E-state index contributed by atoms with van der Waals surface area (Å²) in [6.07, 6.45) is 0.560. The van der Waals surface area contributed by atoms with Crippen LogP contribution in [-0.2, 0) is 12.0 Å². The van der Waals surface area contributed by atoms with E-state index in [0.29, 0.717) is 6.42 Å². The molecule has 1 aliphatic rings. The first-order valence-electron chi connectivity index (χ1n) is 5.82. The Morgan fingerprint density at radius 1 is 1.00 bits per heavy atom. The molecular formula is C15H11N3. The number of benzene rings is 2. The molecule has 1 atom stereocenters. The Hall–Kier alpha value is -2.47. The molecule has 1 unspecified atom stereocenters. The molecule has 0 aromatic heterocycles. The maximum atomic E-state index is 9.52. The normalized spacial score (nSPS) is 20.4. The summed E-state index contributed by atoms with van der Waals surface area (Å²) in [6.45, 7) is 0. The molecule has 18 heavy (non-hydrogen) atoms. The van der Waals surface area contributed by atoms with Gasteiger partial charge in [0.25, 0.3) is 0 Å². The van der Waals surface area contributed by atoms with E-state index in [9.17, 15) is 5.26 Å². The van der Waals surface area contributed by atoms with Gasteiger partial charge < -0.3 is 0 Å². The van der Waals surface area contributed by atoms with Crippen LogP contribution in [0.4, 0.5) is 5.69 Å². The molecule has 3 heteroatoms. The van der Waals surface area contributed by atoms with Crippen molar-refractivity contribution in [3.8, 4) is 6.07 Å². The highest BCUT2D eigenvalue weighted by atomic mass is 15.2. The van der Waals surface area contributed by atoms with Crippen molar-refractivity contribution in [3.05, 3.63) is 65.7 Å². The van der Waals surface area contributed by atoms with Gasteiger partial charge in [-0.1, -0.05) is 48.5 Å². The van der Waals surface area contributed by atoms with Gasteiger partial charge in [0.15, 0.2) is 5.54 Å². The molecular weight excluding hydrogens is 222 g/mol. The zero-order valence-corrected chi connectivity index (χ0v) is 9.74. The van der Waals surface area contributed by atoms with Crippen LogP contribution in [0.3, 0.4) is 0 Å². The van der Waals surface area contributed by atoms with E-state index in [1.807, 2.05) is 54.6 Å². The lowest BCUT2D eigenvalue weighted by Gasteiger charge is -2.17. The fourth-order valence-electron chi connectivity index (χ4n) is 2.25. The van der Waals surface area contributed by atoms with Crippen molar-refractivity contribution in [2.75, 3.05) is 0 Å². The van der Waals surface area contributed by atoms with Gasteiger partial charge in [-0.3, -0.25) is 0 Å². The number of azo groups is 1. The molecule has 1 aliphatic heterocycles. The topological polar surface area (TPSA) is 48.5 Å². The molecule has 0 aliphatic carbocycles. The van der Waals surface area contributed by atoms with Crippen LogP contribution in [0.2, 0.25) is 0 Å². The molecule has 0 fully saturated rings. The van der Waals surface area contributed by atoms with Gasteiger partial charge in [0, 0.05) is 12.0 Å². The maximum absolute atomic E-state index is 9.52. The second-order valence-corrected chi connectivity index (χ2v) is 4.35. The first-order valence-corrected chi connectivity index (χ1v) is 5.82. The first kappa shape index (κ1) is 10.7. The highest BCUT2D eigenvalue weighted by molar-refractivity contribution is 5.55. The summed E-state index contributed by atoms with van der Waals surface area (Å²) >= 11 is 0. The van der Waals surface area contributed by atoms with Crippen molar-refractivity contribution in [1.29, 1.82) is 5.26 Å². The van der Waals surface area contributed by atoms with Gasteiger partial charge in [0.1, 0.15) is 6.07 Å². The highest BCUT2D eigenvalue weighted by Gasteiger charge is 2.38. The quantitative estimate of drug-likeness (QED) is 0.779. The number of nitrogens with zero attached hydrogens (tertiary/aromatic N) is 3. The number of nitriles is 1. The average molecular weight is 233 g/mol. The average Bonchev–Trinajstić information content (AvgIpc) is 2.80. The van der Waals surface area contributed by atoms with E-state index in [2.05, 4.69) is 16.3 Å². The van der Waals surface area contributed by atoms with Gasteiger partial charge in [-0.15, -0.1) is 0 Å². The molecule has 3 nitrogen and oxygen atoms in total. The van der Waals surface area contributed by atoms with Crippen molar-refractivity contribution in [2.24, 2.45) is 10.2 Å². The Morgan fingerprint density at radius 2 is 1.72 bits per heavy atom. The van der Waals surface area contributed by atoms with Gasteiger partial charge in [-0.2, -0.15) is 15.5 Å². The Labute approximate surface area is 105 Å². The van der Waals surface area contributed by atoms with Crippen LogP contribution in [0.5, 0.6) is 0 Å². The van der Waals surface area contributed by atoms with E-state index in [-0.39, 0.29) is 0 Å². The van der Waals surface area contributed by atoms with Crippen LogP contribution >= 0.6 is 0 Å². The predicted octanol–water partition coefficient (Wildman–Crippen LogP) is 3.75. The lowest BCUT2D eigenvalue weighted by Crippen LogP contribution is -2.21. The number of hydrogen-bond acceptors (Lipinski definition) is 3. The summed E-state index contributed by atoms with van der Waals surface area (Å²) in [7, 11) is 0. The summed E-state index contributed by atoms with van der Waals surface area (Å²) < 4.78 is 0. The summed E-state index contributed by atoms with van der Waals surface area (Å²) in [4.78, 5) is 0. The molecule has 0 saturated heterocycles. The van der Waals surface area contributed by atoms with E-state index in [0.717, 1.165) is 16.8 Å². The van der Waals surface area contributed by atoms with Crippen LogP contribution in [0.15, 0.2) is 64.8 Å². The van der Waals surface area contributed by atoms with E-state index >= 15 is 0 Å². The largest absolute Gasteiger partial charge is 0.198 e. The standard InChI is InChI=1S/C15H11N3/c16-11-15(10-12-6-2-1-3-7-12)13-8-4-5-9-14(13)17-18-15/h1-9H,10H2. The van der Waals surface area contributed by atoms with Crippen LogP contribution < -0.4 is 0 Å². The summed E-state index contributed by atoms with van der Waals surface area (Å²) in [6, 6.07) is 19.9. The van der Waals surface area contributed by atoms with Crippen LogP contribution in [0.25, 0.3) is 0 Å². The third-order valence-electron chi connectivity index (χ3n) is 3.17. The monoisotopic (exact) mass is 233 g/mol. The smallest absolute Gasteiger partial charge is 0.195 e. The summed E-state index contributed by atoms with van der Waals surface area (Å²) in [5.41, 5.74) is 1.93. The van der Waals surface area contributed by atoms with Crippen molar-refractivity contribution < 1.29 is 0 Å². The molecule has 3 rings (SSSR count). The zero-order chi connectivity index (χ0) is 12.4. The van der Waals surface area contributed by atoms with Gasteiger partial charge >= 0.3 is 0 Å². The summed E-state index contributed by atoms with van der Waals surface area (Å²) in [5.74, 6) is 0. The van der Waals surface area contributed by atoms with Crippen LogP contribution in [0, 0.1) is 11.3 Å². The van der Waals surface area contributed by atoms with Crippen LogP contribution in [0.1, 0.15) is 11.1 Å². The minimum absolute atomic E-state index is 0.560. The number of rotatable bonds is 2. The van der Waals surface area contributed by atoms with E-state index in [1.54, 1.807) is 0 Å². The molecule has 1 heterocycles. The molecule has 0 amide bonds. The van der Waals surface area contributed by atoms with Gasteiger partial charge in [-0.05, 0) is 11.6 Å². The second kappa shape index (κ2) is 4.08. The summed E-state index contributed by atoms with van der Waals surface area (Å²) in [5, 5.41) is 17.9. The molecule has 2 aromatic carbocycles. The Morgan fingerprint density at radius 3 is 2.50 bits per heavy atom. The predicted molar refractivity (Wildman–Crippen MR) is 68.4 cm³/mol. The Kier molecular flexibility index (Phi) is 2.42. The maximum Gasteiger partial charge on any atom is 0.198 e. The molecule has 0 bridgehead atoms. The fraction of sp³-hybridized carbons (Fsp3) is 0.133. The zero-order valence-electron chi connectivity index (χ0n) is 9.74. The third-order valence-corrected chi connectivity index (χ3v) is 3.17. The Bertz CT molecular complexity index is 640. The van der Waals surface area contributed by atoms with E-state index < -0.39 is 5.54 Å². The molecule has 0 N–H and O–H groups in total. The van der Waals surface area contributed by atoms with E-state index in [4.69, 9.17) is 0 Å². The molecule has 0 spiro atoms. The molecule has 2 aromatic rings. The van der Waals surface area contributed by atoms with Crippen LogP contribution in [-0.4, -0.2) is 0 Å². The lowest BCUT2D eigenvalue weighted by atomic mass is 9.86. The lowest BCUT2D eigenvalue weighted by molar-refractivity contribution is 0.573.